The Balaban J connectivity index is 2.59. The lowest BCUT2D eigenvalue weighted by molar-refractivity contribution is 0.0703. The number of anilines is 1. The zero-order valence-corrected chi connectivity index (χ0v) is 10.6. The van der Waals surface area contributed by atoms with E-state index in [9.17, 15) is 4.79 Å². The van der Waals surface area contributed by atoms with Crippen molar-refractivity contribution in [2.24, 2.45) is 0 Å². The molecule has 0 spiro atoms. The average Bonchev–Trinajstić information content (AvgIpc) is 2.56. The molecule has 0 saturated carbocycles. The third-order valence-corrected chi connectivity index (χ3v) is 3.81. The third kappa shape index (κ3) is 2.14. The monoisotopic (exact) mass is 267 g/mol. The van der Waals surface area contributed by atoms with E-state index in [-0.39, 0.29) is 4.88 Å². The number of thiophene rings is 1. The number of hydrogen-bond acceptors (Lipinski definition) is 3. The Bertz CT molecular complexity index is 575. The van der Waals surface area contributed by atoms with Gasteiger partial charge in [0, 0.05) is 15.5 Å². The smallest absolute Gasteiger partial charge is 0.348 e. The number of nitrogens with two attached hydrogens (primary N) is 1. The number of aryl methyl sites for hydroxylation is 1. The number of halogens is 1. The number of rotatable bonds is 2. The zero-order valence-electron chi connectivity index (χ0n) is 9.03. The second-order valence-electron chi connectivity index (χ2n) is 3.59. The van der Waals surface area contributed by atoms with Crippen LogP contribution in [0.1, 0.15) is 14.5 Å². The lowest BCUT2D eigenvalue weighted by Crippen LogP contribution is -1.98. The Kier molecular flexibility index (Phi) is 3.09. The maximum atomic E-state index is 11.0. The van der Waals surface area contributed by atoms with Crippen LogP contribution in [0.3, 0.4) is 0 Å². The van der Waals surface area contributed by atoms with Crippen LogP contribution in [0.4, 0.5) is 5.69 Å². The van der Waals surface area contributed by atoms with Gasteiger partial charge < -0.3 is 10.8 Å². The first-order valence-electron chi connectivity index (χ1n) is 4.89. The first-order chi connectivity index (χ1) is 8.00. The molecule has 1 aromatic carbocycles. The van der Waals surface area contributed by atoms with Crippen LogP contribution in [0.15, 0.2) is 24.3 Å². The summed E-state index contributed by atoms with van der Waals surface area (Å²) in [4.78, 5) is 12.1. The Morgan fingerprint density at radius 3 is 2.41 bits per heavy atom. The number of aromatic carboxylic acids is 1. The van der Waals surface area contributed by atoms with E-state index in [2.05, 4.69) is 0 Å². The highest BCUT2D eigenvalue weighted by molar-refractivity contribution is 7.15. The van der Waals surface area contributed by atoms with Gasteiger partial charge in [0.2, 0.25) is 0 Å². The van der Waals surface area contributed by atoms with E-state index in [4.69, 9.17) is 22.4 Å². The van der Waals surface area contributed by atoms with Crippen molar-refractivity contribution in [2.45, 2.75) is 6.92 Å². The molecule has 3 nitrogen and oxygen atoms in total. The maximum absolute atomic E-state index is 11.0. The molecule has 0 fully saturated rings. The summed E-state index contributed by atoms with van der Waals surface area (Å²) < 4.78 is 0. The van der Waals surface area contributed by atoms with Crippen LogP contribution in [0, 0.1) is 6.92 Å². The molecule has 0 aliphatic carbocycles. The van der Waals surface area contributed by atoms with E-state index in [0.717, 1.165) is 16.0 Å². The fourth-order valence-electron chi connectivity index (χ4n) is 1.70. The van der Waals surface area contributed by atoms with Crippen LogP contribution in [0.25, 0.3) is 11.1 Å². The molecule has 1 aromatic heterocycles. The number of carbonyl (C=O) groups is 1. The molecule has 0 aliphatic rings. The van der Waals surface area contributed by atoms with Gasteiger partial charge in [-0.15, -0.1) is 11.3 Å². The average molecular weight is 268 g/mol. The van der Waals surface area contributed by atoms with Crippen LogP contribution >= 0.6 is 22.9 Å². The second-order valence-corrected chi connectivity index (χ2v) is 5.25. The van der Waals surface area contributed by atoms with Gasteiger partial charge >= 0.3 is 5.97 Å². The fourth-order valence-corrected chi connectivity index (χ4v) is 2.76. The number of carboxylic acid groups (broad SMARTS) is 1. The Morgan fingerprint density at radius 2 is 1.94 bits per heavy atom. The standard InChI is InChI=1S/C12H10ClNO2S/c1-6-9(7-2-4-8(13)5-3-7)10(14)11(17-6)12(15)16/h2-5H,14H2,1H3,(H,15,16). The second kappa shape index (κ2) is 4.39. The SMILES string of the molecule is Cc1sc(C(=O)O)c(N)c1-c1ccc(Cl)cc1. The van der Waals surface area contributed by atoms with Crippen molar-refractivity contribution in [3.63, 3.8) is 0 Å². The summed E-state index contributed by atoms with van der Waals surface area (Å²) in [6.07, 6.45) is 0. The lowest BCUT2D eigenvalue weighted by atomic mass is 10.0. The molecular weight excluding hydrogens is 258 g/mol. The van der Waals surface area contributed by atoms with Gasteiger partial charge in [-0.25, -0.2) is 4.79 Å². The molecule has 2 aromatic rings. The van der Waals surface area contributed by atoms with Gasteiger partial charge in [-0.2, -0.15) is 0 Å². The van der Waals surface area contributed by atoms with Gasteiger partial charge in [0.25, 0.3) is 0 Å². The van der Waals surface area contributed by atoms with Crippen LogP contribution in [-0.2, 0) is 0 Å². The number of nitrogen functional groups attached to an aromatic ring is 1. The predicted octanol–water partition coefficient (Wildman–Crippen LogP) is 3.66. The first kappa shape index (κ1) is 12.0. The Morgan fingerprint density at radius 1 is 1.35 bits per heavy atom. The van der Waals surface area contributed by atoms with Crippen molar-refractivity contribution in [1.29, 1.82) is 0 Å². The molecule has 0 aliphatic heterocycles. The fraction of sp³-hybridized carbons (Fsp3) is 0.0833. The Hall–Kier alpha value is -1.52. The topological polar surface area (TPSA) is 63.3 Å². The van der Waals surface area contributed by atoms with Crippen LogP contribution in [0.5, 0.6) is 0 Å². The van der Waals surface area contributed by atoms with E-state index in [0.29, 0.717) is 10.7 Å². The minimum atomic E-state index is -0.990. The summed E-state index contributed by atoms with van der Waals surface area (Å²) in [5.74, 6) is -0.990. The Labute approximate surface area is 107 Å². The molecular formula is C12H10ClNO2S. The van der Waals surface area contributed by atoms with Crippen molar-refractivity contribution < 1.29 is 9.90 Å². The number of hydrogen-bond donors (Lipinski definition) is 2. The number of benzene rings is 1. The van der Waals surface area contributed by atoms with E-state index in [1.165, 1.54) is 11.3 Å². The van der Waals surface area contributed by atoms with E-state index < -0.39 is 5.97 Å². The molecule has 3 N–H and O–H groups in total. The van der Waals surface area contributed by atoms with Gasteiger partial charge in [0.1, 0.15) is 4.88 Å². The van der Waals surface area contributed by atoms with E-state index in [1.807, 2.05) is 19.1 Å². The zero-order chi connectivity index (χ0) is 12.6. The lowest BCUT2D eigenvalue weighted by Gasteiger charge is -2.03. The van der Waals surface area contributed by atoms with Crippen molar-refractivity contribution in [3.05, 3.63) is 39.0 Å². The largest absolute Gasteiger partial charge is 0.477 e. The van der Waals surface area contributed by atoms with Gasteiger partial charge in [-0.05, 0) is 24.6 Å². The summed E-state index contributed by atoms with van der Waals surface area (Å²) in [5.41, 5.74) is 7.86. The van der Waals surface area contributed by atoms with Gasteiger partial charge in [-0.1, -0.05) is 23.7 Å². The van der Waals surface area contributed by atoms with Gasteiger partial charge in [0.15, 0.2) is 0 Å². The van der Waals surface area contributed by atoms with Crippen molar-refractivity contribution in [2.75, 3.05) is 5.73 Å². The van der Waals surface area contributed by atoms with Gasteiger partial charge in [0.05, 0.1) is 5.69 Å². The molecule has 17 heavy (non-hydrogen) atoms. The predicted molar refractivity (Wildman–Crippen MR) is 70.9 cm³/mol. The van der Waals surface area contributed by atoms with Crippen molar-refractivity contribution >= 4 is 34.6 Å². The molecule has 0 atom stereocenters. The first-order valence-corrected chi connectivity index (χ1v) is 6.08. The molecule has 2 rings (SSSR count). The quantitative estimate of drug-likeness (QED) is 0.873. The third-order valence-electron chi connectivity index (χ3n) is 2.45. The molecule has 5 heteroatoms. The summed E-state index contributed by atoms with van der Waals surface area (Å²) in [5, 5.41) is 9.64. The summed E-state index contributed by atoms with van der Waals surface area (Å²) in [7, 11) is 0. The van der Waals surface area contributed by atoms with Gasteiger partial charge in [-0.3, -0.25) is 0 Å². The molecule has 0 unspecified atom stereocenters. The molecule has 0 bridgehead atoms. The molecule has 0 saturated heterocycles. The van der Waals surface area contributed by atoms with Crippen molar-refractivity contribution in [3.8, 4) is 11.1 Å². The number of carboxylic acids is 1. The molecule has 1 heterocycles. The summed E-state index contributed by atoms with van der Waals surface area (Å²) >= 11 is 7.00. The van der Waals surface area contributed by atoms with Crippen LogP contribution in [-0.4, -0.2) is 11.1 Å². The van der Waals surface area contributed by atoms with Crippen molar-refractivity contribution in [1.82, 2.24) is 0 Å². The normalized spacial score (nSPS) is 10.5. The molecule has 0 radical (unpaired) electrons. The maximum Gasteiger partial charge on any atom is 0.348 e. The highest BCUT2D eigenvalue weighted by Crippen LogP contribution is 2.38. The highest BCUT2D eigenvalue weighted by atomic mass is 35.5. The minimum absolute atomic E-state index is 0.187. The summed E-state index contributed by atoms with van der Waals surface area (Å²) in [6, 6.07) is 7.18. The molecule has 0 amide bonds. The summed E-state index contributed by atoms with van der Waals surface area (Å²) in [6.45, 7) is 1.86. The van der Waals surface area contributed by atoms with Crippen LogP contribution in [0.2, 0.25) is 5.02 Å². The van der Waals surface area contributed by atoms with E-state index in [1.54, 1.807) is 12.1 Å². The highest BCUT2D eigenvalue weighted by Gasteiger charge is 2.19. The van der Waals surface area contributed by atoms with Crippen LogP contribution < -0.4 is 5.73 Å². The van der Waals surface area contributed by atoms with E-state index >= 15 is 0 Å². The molecule has 88 valence electrons. The minimum Gasteiger partial charge on any atom is -0.477 e.